The minimum absolute atomic E-state index is 0.268. The molecule has 2 N–H and O–H groups in total. The van der Waals surface area contributed by atoms with Crippen LogP contribution < -0.4 is 0 Å². The average Bonchev–Trinajstić information content (AvgIpc) is 2.77. The van der Waals surface area contributed by atoms with E-state index in [1.807, 2.05) is 6.07 Å². The van der Waals surface area contributed by atoms with Gasteiger partial charge in [0.25, 0.3) is 0 Å². The van der Waals surface area contributed by atoms with Gasteiger partial charge in [-0.2, -0.15) is 0 Å². The van der Waals surface area contributed by atoms with E-state index in [2.05, 4.69) is 19.9 Å². The highest BCUT2D eigenvalue weighted by Gasteiger charge is 2.60. The SMILES string of the molecule is CC[C@H]1C[C@@]2(C)C(CC([18F])[C@@H]2O)C2CCc3cc(O)ccc3C21. The van der Waals surface area contributed by atoms with Gasteiger partial charge in [0.15, 0.2) is 0 Å². The first-order chi connectivity index (χ1) is 11.0. The fraction of sp³-hybridized carbons (Fsp3) is 0.700. The van der Waals surface area contributed by atoms with Gasteiger partial charge in [0, 0.05) is 0 Å². The molecule has 0 heterocycles. The largest absolute Gasteiger partial charge is 0.508 e. The Bertz CT molecular complexity index is 616. The Morgan fingerprint density at radius 2 is 2.13 bits per heavy atom. The van der Waals surface area contributed by atoms with Crippen molar-refractivity contribution in [3.05, 3.63) is 29.3 Å². The molecule has 0 spiro atoms. The Morgan fingerprint density at radius 1 is 1.35 bits per heavy atom. The Hall–Kier alpha value is -1.09. The minimum atomic E-state index is -1.07. The Balaban J connectivity index is 1.78. The first-order valence-corrected chi connectivity index (χ1v) is 9.09. The lowest BCUT2D eigenvalue weighted by Crippen LogP contribution is -2.48. The molecule has 3 heteroatoms. The van der Waals surface area contributed by atoms with E-state index in [0.29, 0.717) is 29.9 Å². The molecule has 3 aliphatic rings. The number of hydrogen-bond donors (Lipinski definition) is 2. The van der Waals surface area contributed by atoms with Crippen LogP contribution in [0.25, 0.3) is 0 Å². The highest BCUT2D eigenvalue weighted by Crippen LogP contribution is 2.63. The molecular formula is C20H27FO2. The summed E-state index contributed by atoms with van der Waals surface area (Å²) in [5, 5.41) is 20.3. The number of aryl methyl sites for hydroxylation is 1. The maximum atomic E-state index is 14.3. The van der Waals surface area contributed by atoms with Crippen LogP contribution in [-0.4, -0.2) is 22.5 Å². The summed E-state index contributed by atoms with van der Waals surface area (Å²) in [7, 11) is 0. The topological polar surface area (TPSA) is 40.5 Å². The minimum Gasteiger partial charge on any atom is -0.508 e. The molecule has 4 rings (SSSR count). The third kappa shape index (κ3) is 2.08. The van der Waals surface area contributed by atoms with Crippen molar-refractivity contribution < 1.29 is 14.6 Å². The molecule has 2 nitrogen and oxygen atoms in total. The number of alkyl halides is 1. The van der Waals surface area contributed by atoms with Crippen LogP contribution in [0.15, 0.2) is 18.2 Å². The number of aliphatic hydroxyl groups excluding tert-OH is 1. The molecule has 2 saturated carbocycles. The second kappa shape index (κ2) is 5.20. The fourth-order valence-corrected chi connectivity index (χ4v) is 6.22. The molecule has 0 radical (unpaired) electrons. The van der Waals surface area contributed by atoms with Gasteiger partial charge in [0.2, 0.25) is 0 Å². The molecule has 1 aromatic rings. The van der Waals surface area contributed by atoms with Crippen molar-refractivity contribution in [1.82, 2.24) is 0 Å². The van der Waals surface area contributed by atoms with Crippen molar-refractivity contribution in [2.24, 2.45) is 23.2 Å². The van der Waals surface area contributed by atoms with Crippen molar-refractivity contribution in [2.45, 2.75) is 64.1 Å². The van der Waals surface area contributed by atoms with Gasteiger partial charge in [0.1, 0.15) is 11.9 Å². The number of phenolic OH excluding ortho intramolecular Hbond substituents is 1. The molecule has 0 aliphatic heterocycles. The van der Waals surface area contributed by atoms with Crippen molar-refractivity contribution in [1.29, 1.82) is 0 Å². The first kappa shape index (κ1) is 15.4. The van der Waals surface area contributed by atoms with Crippen molar-refractivity contribution >= 4 is 0 Å². The number of fused-ring (bicyclic) bond motifs is 5. The van der Waals surface area contributed by atoms with E-state index in [9.17, 15) is 14.6 Å². The van der Waals surface area contributed by atoms with Crippen molar-refractivity contribution in [3.63, 3.8) is 0 Å². The summed E-state index contributed by atoms with van der Waals surface area (Å²) in [4.78, 5) is 0. The van der Waals surface area contributed by atoms with Gasteiger partial charge in [-0.05, 0) is 78.0 Å². The van der Waals surface area contributed by atoms with E-state index in [4.69, 9.17) is 0 Å². The molecule has 7 atom stereocenters. The Labute approximate surface area is 137 Å². The number of aromatic hydroxyl groups is 1. The molecule has 4 unspecified atom stereocenters. The maximum absolute atomic E-state index is 14.3. The zero-order chi connectivity index (χ0) is 16.4. The summed E-state index contributed by atoms with van der Waals surface area (Å²) in [5.74, 6) is 2.04. The summed E-state index contributed by atoms with van der Waals surface area (Å²) in [6.45, 7) is 4.33. The van der Waals surface area contributed by atoms with E-state index in [0.717, 1.165) is 25.7 Å². The van der Waals surface area contributed by atoms with Gasteiger partial charge in [-0.3, -0.25) is 0 Å². The summed E-state index contributed by atoms with van der Waals surface area (Å²) in [5.41, 5.74) is 2.36. The molecule has 0 aromatic heterocycles. The van der Waals surface area contributed by atoms with Crippen LogP contribution in [0.2, 0.25) is 0 Å². The second-order valence-corrected chi connectivity index (χ2v) is 8.29. The highest BCUT2D eigenvalue weighted by molar-refractivity contribution is 5.40. The van der Waals surface area contributed by atoms with E-state index in [-0.39, 0.29) is 11.3 Å². The van der Waals surface area contributed by atoms with Crippen LogP contribution in [0.4, 0.5) is 4.39 Å². The van der Waals surface area contributed by atoms with Crippen LogP contribution in [0.1, 0.15) is 56.6 Å². The second-order valence-electron chi connectivity index (χ2n) is 8.29. The van der Waals surface area contributed by atoms with E-state index in [1.54, 1.807) is 6.07 Å². The van der Waals surface area contributed by atoms with Crippen LogP contribution in [0, 0.1) is 23.2 Å². The molecule has 23 heavy (non-hydrogen) atoms. The predicted molar refractivity (Wildman–Crippen MR) is 88.2 cm³/mol. The van der Waals surface area contributed by atoms with Crippen LogP contribution in [0.5, 0.6) is 5.75 Å². The van der Waals surface area contributed by atoms with E-state index >= 15 is 0 Å². The van der Waals surface area contributed by atoms with Gasteiger partial charge in [-0.25, -0.2) is 4.39 Å². The normalized spacial score (nSPS) is 45.2. The standard InChI is InChI=1S/C20H27FO2/c1-3-11-10-20(2)16(9-17(21)19(20)23)15-6-4-12-8-13(22)5-7-14(12)18(11)15/h5,7-8,11,15-19,22-23H,3-4,6,9-10H2,1-2H3/t11-,15?,16?,17?,18?,19-,20-/m0/s1/i21-1. The Kier molecular flexibility index (Phi) is 3.49. The summed E-state index contributed by atoms with van der Waals surface area (Å²) in [6.07, 6.45) is 2.64. The van der Waals surface area contributed by atoms with Crippen molar-refractivity contribution in [3.8, 4) is 5.75 Å². The van der Waals surface area contributed by atoms with Crippen LogP contribution in [0.3, 0.4) is 0 Å². The zero-order valence-electron chi connectivity index (χ0n) is 14.0. The van der Waals surface area contributed by atoms with Gasteiger partial charge in [0.05, 0.1) is 6.10 Å². The van der Waals surface area contributed by atoms with E-state index < -0.39 is 12.3 Å². The number of phenols is 1. The van der Waals surface area contributed by atoms with Gasteiger partial charge < -0.3 is 10.2 Å². The third-order valence-electron chi connectivity index (χ3n) is 7.29. The predicted octanol–water partition coefficient (Wildman–Crippen LogP) is 4.19. The highest BCUT2D eigenvalue weighted by atomic mass is 18.2. The lowest BCUT2D eigenvalue weighted by molar-refractivity contribution is -0.0586. The van der Waals surface area contributed by atoms with E-state index in [1.165, 1.54) is 11.1 Å². The zero-order valence-corrected chi connectivity index (χ0v) is 14.0. The lowest BCUT2D eigenvalue weighted by Gasteiger charge is -2.53. The molecule has 0 amide bonds. The summed E-state index contributed by atoms with van der Waals surface area (Å²) >= 11 is 0. The maximum Gasteiger partial charge on any atom is 0.127 e. The number of rotatable bonds is 1. The number of benzene rings is 1. The molecule has 1 aromatic carbocycles. The van der Waals surface area contributed by atoms with Crippen LogP contribution >= 0.6 is 0 Å². The monoisotopic (exact) mass is 317 g/mol. The average molecular weight is 317 g/mol. The Morgan fingerprint density at radius 3 is 2.87 bits per heavy atom. The molecule has 0 saturated heterocycles. The lowest BCUT2D eigenvalue weighted by atomic mass is 9.51. The molecule has 3 aliphatic carbocycles. The first-order valence-electron chi connectivity index (χ1n) is 9.09. The third-order valence-corrected chi connectivity index (χ3v) is 7.29. The van der Waals surface area contributed by atoms with Gasteiger partial charge in [-0.15, -0.1) is 0 Å². The smallest absolute Gasteiger partial charge is 0.127 e. The van der Waals surface area contributed by atoms with Crippen LogP contribution in [-0.2, 0) is 6.42 Å². The number of aliphatic hydroxyl groups is 1. The number of halogens is 1. The molecular weight excluding hydrogens is 290 g/mol. The summed E-state index contributed by atoms with van der Waals surface area (Å²) < 4.78 is 14.3. The fourth-order valence-electron chi connectivity index (χ4n) is 6.22. The molecule has 126 valence electrons. The summed E-state index contributed by atoms with van der Waals surface area (Å²) in [6, 6.07) is 5.79. The van der Waals surface area contributed by atoms with Gasteiger partial charge in [-0.1, -0.05) is 26.3 Å². The quantitative estimate of drug-likeness (QED) is 0.815. The van der Waals surface area contributed by atoms with Gasteiger partial charge >= 0.3 is 0 Å². The van der Waals surface area contributed by atoms with Crippen molar-refractivity contribution in [2.75, 3.05) is 0 Å². The molecule has 2 fully saturated rings. The number of hydrogen-bond acceptors (Lipinski definition) is 2. The molecule has 0 bridgehead atoms.